The molecule has 128 valence electrons. The number of imidazole rings is 1. The van der Waals surface area contributed by atoms with Crippen LogP contribution in [0.15, 0.2) is 29.4 Å². The van der Waals surface area contributed by atoms with Crippen molar-refractivity contribution >= 4 is 17.6 Å². The fraction of sp³-hybridized carbons (Fsp3) is 0.444. The number of nitrogens with zero attached hydrogens (tertiary/aromatic N) is 4. The molecule has 0 spiro atoms. The van der Waals surface area contributed by atoms with E-state index in [1.807, 2.05) is 36.8 Å². The Morgan fingerprint density at radius 1 is 1.33 bits per heavy atom. The molecule has 6 heteroatoms. The van der Waals surface area contributed by atoms with Crippen molar-refractivity contribution in [2.45, 2.75) is 32.2 Å². The highest BCUT2D eigenvalue weighted by Crippen LogP contribution is 2.27. The van der Waals surface area contributed by atoms with Crippen LogP contribution in [0.1, 0.15) is 29.7 Å². The first-order valence-electron chi connectivity index (χ1n) is 8.42. The molecule has 1 aliphatic carbocycles. The van der Waals surface area contributed by atoms with Crippen LogP contribution in [0, 0.1) is 0 Å². The Morgan fingerprint density at radius 3 is 2.88 bits per heavy atom. The molecule has 0 radical (unpaired) electrons. The minimum atomic E-state index is 0.446. The molecule has 0 aliphatic heterocycles. The Kier molecular flexibility index (Phi) is 4.74. The molecule has 1 aromatic heterocycles. The maximum atomic E-state index is 6.10. The number of hydrogen-bond donors (Lipinski definition) is 2. The number of aliphatic imine (C=N–C) groups is 1. The Hall–Kier alpha value is -2.50. The number of aromatic nitrogens is 2. The summed E-state index contributed by atoms with van der Waals surface area (Å²) in [4.78, 5) is 10.8. The lowest BCUT2D eigenvalue weighted by atomic mass is 9.90. The maximum Gasteiger partial charge on any atom is 0.204 e. The van der Waals surface area contributed by atoms with Gasteiger partial charge in [0.25, 0.3) is 0 Å². The molecular weight excluding hydrogens is 300 g/mol. The van der Waals surface area contributed by atoms with Gasteiger partial charge in [0, 0.05) is 26.8 Å². The van der Waals surface area contributed by atoms with Crippen LogP contribution in [0.25, 0.3) is 0 Å². The number of nitrogens with one attached hydrogen (secondary N) is 1. The van der Waals surface area contributed by atoms with Crippen LogP contribution in [0.4, 0.5) is 11.6 Å². The molecular formula is C18H26N6. The average Bonchev–Trinajstić information content (AvgIpc) is 2.94. The van der Waals surface area contributed by atoms with Crippen molar-refractivity contribution in [1.82, 2.24) is 9.55 Å². The minimum absolute atomic E-state index is 0.446. The van der Waals surface area contributed by atoms with Gasteiger partial charge < -0.3 is 20.5 Å². The number of benzene rings is 1. The van der Waals surface area contributed by atoms with Crippen LogP contribution >= 0.6 is 0 Å². The molecule has 0 bridgehead atoms. The van der Waals surface area contributed by atoms with Crippen LogP contribution in [0.5, 0.6) is 0 Å². The monoisotopic (exact) mass is 326 g/mol. The Balaban J connectivity index is 1.71. The molecule has 6 nitrogen and oxygen atoms in total. The van der Waals surface area contributed by atoms with Crippen molar-refractivity contribution in [3.8, 4) is 0 Å². The second-order valence-corrected chi connectivity index (χ2v) is 6.48. The number of rotatable bonds is 4. The highest BCUT2D eigenvalue weighted by molar-refractivity contribution is 5.93. The second kappa shape index (κ2) is 6.95. The largest absolute Gasteiger partial charge is 0.370 e. The molecule has 1 heterocycles. The molecule has 1 aliphatic rings. The van der Waals surface area contributed by atoms with Gasteiger partial charge in [-0.25, -0.2) is 9.98 Å². The fourth-order valence-corrected chi connectivity index (χ4v) is 3.24. The number of aryl methyl sites for hydroxylation is 1. The van der Waals surface area contributed by atoms with Crippen molar-refractivity contribution in [3.63, 3.8) is 0 Å². The molecule has 3 rings (SSSR count). The molecule has 1 aromatic carbocycles. The summed E-state index contributed by atoms with van der Waals surface area (Å²) in [6.07, 6.45) is 6.63. The Labute approximate surface area is 143 Å². The van der Waals surface area contributed by atoms with Crippen LogP contribution in [0.2, 0.25) is 0 Å². The summed E-state index contributed by atoms with van der Waals surface area (Å²) in [5.74, 6) is 1.35. The smallest absolute Gasteiger partial charge is 0.204 e. The number of anilines is 2. The quantitative estimate of drug-likeness (QED) is 0.668. The van der Waals surface area contributed by atoms with E-state index >= 15 is 0 Å². The lowest BCUT2D eigenvalue weighted by molar-refractivity contribution is 0.687. The molecule has 0 saturated heterocycles. The number of guanidine groups is 1. The van der Waals surface area contributed by atoms with E-state index < -0.39 is 0 Å². The van der Waals surface area contributed by atoms with E-state index in [-0.39, 0.29) is 0 Å². The molecule has 24 heavy (non-hydrogen) atoms. The van der Waals surface area contributed by atoms with Gasteiger partial charge in [-0.05, 0) is 42.9 Å². The van der Waals surface area contributed by atoms with Crippen molar-refractivity contribution in [2.75, 3.05) is 24.3 Å². The van der Waals surface area contributed by atoms with Crippen molar-refractivity contribution in [1.29, 1.82) is 0 Å². The van der Waals surface area contributed by atoms with Gasteiger partial charge in [-0.1, -0.05) is 12.1 Å². The molecule has 0 amide bonds. The zero-order valence-corrected chi connectivity index (χ0v) is 14.7. The van der Waals surface area contributed by atoms with Crippen molar-refractivity contribution in [2.24, 2.45) is 17.8 Å². The van der Waals surface area contributed by atoms with Gasteiger partial charge in [0.2, 0.25) is 5.95 Å². The third kappa shape index (κ3) is 3.37. The van der Waals surface area contributed by atoms with E-state index in [1.165, 1.54) is 24.0 Å². The summed E-state index contributed by atoms with van der Waals surface area (Å²) in [7, 11) is 5.94. The first kappa shape index (κ1) is 16.4. The summed E-state index contributed by atoms with van der Waals surface area (Å²) >= 11 is 0. The molecule has 0 unspecified atom stereocenters. The summed E-state index contributed by atoms with van der Waals surface area (Å²) in [5, 5.41) is 3.28. The minimum Gasteiger partial charge on any atom is -0.370 e. The Morgan fingerprint density at radius 2 is 2.12 bits per heavy atom. The predicted octanol–water partition coefficient (Wildman–Crippen LogP) is 2.29. The van der Waals surface area contributed by atoms with Crippen LogP contribution in [0.3, 0.4) is 0 Å². The average molecular weight is 326 g/mol. The first-order chi connectivity index (χ1) is 11.6. The molecule has 0 fully saturated rings. The molecule has 3 N–H and O–H groups in total. The van der Waals surface area contributed by atoms with Gasteiger partial charge in [0.15, 0.2) is 5.96 Å². The zero-order valence-electron chi connectivity index (χ0n) is 14.7. The standard InChI is InChI=1S/C18H26N6/c1-23(2)18-21-12-14(24(18)3)11-20-17(19)22-16-10-6-8-13-7-4-5-9-15(13)16/h6,8,10,12H,4-5,7,9,11H2,1-3H3,(H3,19,20,22). The highest BCUT2D eigenvalue weighted by Gasteiger charge is 2.13. The lowest BCUT2D eigenvalue weighted by Gasteiger charge is -2.19. The van der Waals surface area contributed by atoms with Crippen LogP contribution in [-0.4, -0.2) is 29.6 Å². The van der Waals surface area contributed by atoms with Gasteiger partial charge in [-0.15, -0.1) is 0 Å². The first-order valence-corrected chi connectivity index (χ1v) is 8.42. The SMILES string of the molecule is CN(C)c1ncc(CN=C(N)Nc2cccc3c2CCCC3)n1C. The second-order valence-electron chi connectivity index (χ2n) is 6.48. The van der Waals surface area contributed by atoms with Gasteiger partial charge in [-0.2, -0.15) is 0 Å². The highest BCUT2D eigenvalue weighted by atomic mass is 15.3. The van der Waals surface area contributed by atoms with E-state index in [4.69, 9.17) is 5.73 Å². The third-order valence-electron chi connectivity index (χ3n) is 4.53. The summed E-state index contributed by atoms with van der Waals surface area (Å²) in [6, 6.07) is 6.39. The van der Waals surface area contributed by atoms with Gasteiger partial charge in [0.05, 0.1) is 18.4 Å². The number of fused-ring (bicyclic) bond motifs is 1. The summed E-state index contributed by atoms with van der Waals surface area (Å²) in [5.41, 5.74) is 11.0. The van der Waals surface area contributed by atoms with Crippen LogP contribution in [-0.2, 0) is 26.4 Å². The van der Waals surface area contributed by atoms with Crippen molar-refractivity contribution < 1.29 is 0 Å². The van der Waals surface area contributed by atoms with E-state index in [1.54, 1.807) is 0 Å². The van der Waals surface area contributed by atoms with Crippen molar-refractivity contribution in [3.05, 3.63) is 41.2 Å². The van der Waals surface area contributed by atoms with Gasteiger partial charge in [0.1, 0.15) is 0 Å². The van der Waals surface area contributed by atoms with E-state index in [2.05, 4.69) is 33.5 Å². The normalized spacial score (nSPS) is 14.4. The molecule has 0 saturated carbocycles. The lowest BCUT2D eigenvalue weighted by Crippen LogP contribution is -2.24. The van der Waals surface area contributed by atoms with Crippen LogP contribution < -0.4 is 16.0 Å². The Bertz CT molecular complexity index is 744. The van der Waals surface area contributed by atoms with E-state index in [9.17, 15) is 0 Å². The summed E-state index contributed by atoms with van der Waals surface area (Å²) in [6.45, 7) is 0.505. The molecule has 2 aromatic rings. The third-order valence-corrected chi connectivity index (χ3v) is 4.53. The maximum absolute atomic E-state index is 6.10. The van der Waals surface area contributed by atoms with E-state index in [0.29, 0.717) is 12.5 Å². The van der Waals surface area contributed by atoms with E-state index in [0.717, 1.165) is 30.2 Å². The number of hydrogen-bond acceptors (Lipinski definition) is 3. The molecule has 0 atom stereocenters. The van der Waals surface area contributed by atoms with Gasteiger partial charge >= 0.3 is 0 Å². The summed E-state index contributed by atoms with van der Waals surface area (Å²) < 4.78 is 2.03. The van der Waals surface area contributed by atoms with Gasteiger partial charge in [-0.3, -0.25) is 0 Å². The predicted molar refractivity (Wildman–Crippen MR) is 99.6 cm³/mol. The number of nitrogens with two attached hydrogens (primary N) is 1. The topological polar surface area (TPSA) is 71.5 Å². The zero-order chi connectivity index (χ0) is 17.1. The fourth-order valence-electron chi connectivity index (χ4n) is 3.24.